The van der Waals surface area contributed by atoms with E-state index in [9.17, 15) is 9.90 Å². The molecule has 7 heteroatoms. The van der Waals surface area contributed by atoms with Crippen LogP contribution < -0.4 is 14.4 Å². The summed E-state index contributed by atoms with van der Waals surface area (Å²) in [4.78, 5) is 15.7. The maximum Gasteiger partial charge on any atom is 0.261 e. The molecule has 2 aliphatic carbocycles. The lowest BCUT2D eigenvalue weighted by Gasteiger charge is -2.45. The molecule has 5 rings (SSSR count). The molecule has 0 bridgehead atoms. The van der Waals surface area contributed by atoms with Gasteiger partial charge in [-0.05, 0) is 117 Å². The summed E-state index contributed by atoms with van der Waals surface area (Å²) in [7, 11) is 0. The van der Waals surface area contributed by atoms with E-state index in [2.05, 4.69) is 41.8 Å². The number of rotatable bonds is 11. The van der Waals surface area contributed by atoms with Gasteiger partial charge in [0.25, 0.3) is 5.91 Å². The number of nitrogens with zero attached hydrogens (tertiary/aromatic N) is 1. The molecule has 1 amide bonds. The molecule has 1 saturated carbocycles. The standard InChI is InChI=1S/C34H43ClN2O3S/c1-4-8-27(6-3)41-36-33(39)24-12-16-32-30(19-24)37(20-25-11-14-28(25)31(38)9-5-2)21-34(22-40-32)17-7-10-23-18-26(35)13-15-29(23)34/h4-5,12-13,15-16,18-19,25,27-28,31,38H,1-2,6-11,14,17,20-22H2,3H3,(H,36,39)/t25-,27+,28+,31-,34-/m0/s1. The van der Waals surface area contributed by atoms with E-state index >= 15 is 0 Å². The number of benzene rings is 2. The first-order valence-electron chi connectivity index (χ1n) is 15.0. The Hall–Kier alpha value is -2.41. The normalized spacial score (nSPS) is 24.6. The summed E-state index contributed by atoms with van der Waals surface area (Å²) in [6.45, 7) is 12.0. The first-order valence-corrected chi connectivity index (χ1v) is 16.3. The highest BCUT2D eigenvalue weighted by molar-refractivity contribution is 7.98. The number of carbonyl (C=O) groups is 1. The lowest BCUT2D eigenvalue weighted by atomic mass is 9.68. The van der Waals surface area contributed by atoms with E-state index in [-0.39, 0.29) is 23.3 Å². The highest BCUT2D eigenvalue weighted by Gasteiger charge is 2.44. The molecular formula is C34H43ClN2O3S. The summed E-state index contributed by atoms with van der Waals surface area (Å²) in [5.41, 5.74) is 4.05. The van der Waals surface area contributed by atoms with E-state index in [1.807, 2.05) is 36.4 Å². The number of hydrogen-bond donors (Lipinski definition) is 2. The van der Waals surface area contributed by atoms with Crippen LogP contribution in [-0.4, -0.2) is 42.1 Å². The fourth-order valence-electron chi connectivity index (χ4n) is 6.89. The highest BCUT2D eigenvalue weighted by Crippen LogP contribution is 2.46. The maximum atomic E-state index is 13.3. The third-order valence-corrected chi connectivity index (χ3v) is 10.7. The quantitative estimate of drug-likeness (QED) is 0.208. The Kier molecular flexibility index (Phi) is 9.73. The van der Waals surface area contributed by atoms with E-state index in [1.54, 1.807) is 0 Å². The van der Waals surface area contributed by atoms with Crippen molar-refractivity contribution in [3.8, 4) is 5.75 Å². The fourth-order valence-corrected chi connectivity index (χ4v) is 7.88. The molecule has 1 fully saturated rings. The number of hydrogen-bond acceptors (Lipinski definition) is 5. The molecule has 0 radical (unpaired) electrons. The molecule has 2 aromatic rings. The van der Waals surface area contributed by atoms with E-state index < -0.39 is 0 Å². The summed E-state index contributed by atoms with van der Waals surface area (Å²) in [6, 6.07) is 12.1. The number of nitrogens with one attached hydrogen (secondary N) is 1. The van der Waals surface area contributed by atoms with E-state index in [0.29, 0.717) is 29.8 Å². The SMILES string of the molecule is C=CC[C@@H](CC)SNC(=O)c1ccc2c(c1)N(C[C@@H]1CC[C@H]1[C@@H](O)CC=C)C[C@@]1(CCCc3cc(Cl)ccc31)CO2. The molecule has 1 aliphatic heterocycles. The van der Waals surface area contributed by atoms with Crippen molar-refractivity contribution < 1.29 is 14.6 Å². The van der Waals surface area contributed by atoms with Gasteiger partial charge in [0.05, 0.1) is 18.4 Å². The zero-order valence-electron chi connectivity index (χ0n) is 24.1. The van der Waals surface area contributed by atoms with Crippen molar-refractivity contribution in [2.24, 2.45) is 11.8 Å². The van der Waals surface area contributed by atoms with Crippen LogP contribution in [0.3, 0.4) is 0 Å². The molecule has 0 unspecified atom stereocenters. The van der Waals surface area contributed by atoms with Crippen LogP contribution in [0.2, 0.25) is 5.02 Å². The number of carbonyl (C=O) groups excluding carboxylic acids is 1. The van der Waals surface area contributed by atoms with Crippen LogP contribution >= 0.6 is 23.5 Å². The summed E-state index contributed by atoms with van der Waals surface area (Å²) < 4.78 is 9.66. The predicted octanol–water partition coefficient (Wildman–Crippen LogP) is 7.51. The zero-order chi connectivity index (χ0) is 29.0. The number of allylic oxidation sites excluding steroid dienone is 1. The predicted molar refractivity (Wildman–Crippen MR) is 171 cm³/mol. The van der Waals surface area contributed by atoms with Gasteiger partial charge in [0, 0.05) is 34.3 Å². The largest absolute Gasteiger partial charge is 0.490 e. The second-order valence-electron chi connectivity index (χ2n) is 12.0. The van der Waals surface area contributed by atoms with Crippen LogP contribution in [0, 0.1) is 11.8 Å². The van der Waals surface area contributed by atoms with Crippen molar-refractivity contribution in [3.63, 3.8) is 0 Å². The fraction of sp³-hybridized carbons (Fsp3) is 0.500. The number of aliphatic hydroxyl groups excluding tert-OH is 1. The van der Waals surface area contributed by atoms with E-state index in [1.165, 1.54) is 23.1 Å². The Labute approximate surface area is 254 Å². The van der Waals surface area contributed by atoms with Crippen molar-refractivity contribution in [1.82, 2.24) is 4.72 Å². The van der Waals surface area contributed by atoms with Gasteiger partial charge in [-0.25, -0.2) is 0 Å². The van der Waals surface area contributed by atoms with Crippen LogP contribution in [-0.2, 0) is 11.8 Å². The highest BCUT2D eigenvalue weighted by atomic mass is 35.5. The summed E-state index contributed by atoms with van der Waals surface area (Å²) in [5, 5.41) is 11.9. The summed E-state index contributed by atoms with van der Waals surface area (Å²) in [5.74, 6) is 1.35. The second-order valence-corrected chi connectivity index (χ2v) is 13.5. The van der Waals surface area contributed by atoms with Gasteiger partial charge in [0.1, 0.15) is 5.75 Å². The Balaban J connectivity index is 1.46. The van der Waals surface area contributed by atoms with Crippen molar-refractivity contribution in [2.45, 2.75) is 75.1 Å². The molecule has 220 valence electrons. The third kappa shape index (κ3) is 6.50. The second kappa shape index (κ2) is 13.3. The summed E-state index contributed by atoms with van der Waals surface area (Å²) >= 11 is 7.88. The average molecular weight is 595 g/mol. The number of aryl methyl sites for hydroxylation is 1. The monoisotopic (exact) mass is 594 g/mol. The first kappa shape index (κ1) is 30.1. The van der Waals surface area contributed by atoms with Crippen LogP contribution in [0.25, 0.3) is 0 Å². The number of amides is 1. The Morgan fingerprint density at radius 3 is 2.80 bits per heavy atom. The molecule has 41 heavy (non-hydrogen) atoms. The molecular weight excluding hydrogens is 552 g/mol. The minimum Gasteiger partial charge on any atom is -0.490 e. The molecule has 1 spiro atoms. The molecule has 2 N–H and O–H groups in total. The van der Waals surface area contributed by atoms with E-state index in [4.69, 9.17) is 16.3 Å². The lowest BCUT2D eigenvalue weighted by molar-refractivity contribution is 0.0178. The minimum absolute atomic E-state index is 0.0974. The van der Waals surface area contributed by atoms with Gasteiger partial charge in [-0.2, -0.15) is 0 Å². The van der Waals surface area contributed by atoms with Crippen molar-refractivity contribution in [3.05, 3.63) is 83.4 Å². The molecule has 2 aromatic carbocycles. The molecule has 0 aromatic heterocycles. The Bertz CT molecular complexity index is 1270. The van der Waals surface area contributed by atoms with E-state index in [0.717, 1.165) is 74.5 Å². The van der Waals surface area contributed by atoms with Crippen LogP contribution in [0.1, 0.15) is 73.4 Å². The van der Waals surface area contributed by atoms with Gasteiger partial charge in [0.15, 0.2) is 0 Å². The van der Waals surface area contributed by atoms with Crippen molar-refractivity contribution in [2.75, 3.05) is 24.6 Å². The Morgan fingerprint density at radius 2 is 2.07 bits per heavy atom. The Morgan fingerprint density at radius 1 is 1.24 bits per heavy atom. The molecule has 1 heterocycles. The van der Waals surface area contributed by atoms with Gasteiger partial charge in [-0.15, -0.1) is 13.2 Å². The zero-order valence-corrected chi connectivity index (χ0v) is 25.7. The molecule has 5 atom stereocenters. The third-order valence-electron chi connectivity index (χ3n) is 9.34. The van der Waals surface area contributed by atoms with Crippen molar-refractivity contribution >= 4 is 35.1 Å². The smallest absolute Gasteiger partial charge is 0.261 e. The van der Waals surface area contributed by atoms with Crippen molar-refractivity contribution in [1.29, 1.82) is 0 Å². The van der Waals surface area contributed by atoms with Gasteiger partial charge in [-0.3, -0.25) is 9.52 Å². The number of ether oxygens (including phenoxy) is 1. The first-order chi connectivity index (χ1) is 19.9. The topological polar surface area (TPSA) is 61.8 Å². The maximum absolute atomic E-state index is 13.3. The number of aliphatic hydroxyl groups is 1. The van der Waals surface area contributed by atoms with Crippen LogP contribution in [0.5, 0.6) is 5.75 Å². The van der Waals surface area contributed by atoms with Gasteiger partial charge >= 0.3 is 0 Å². The van der Waals surface area contributed by atoms with Gasteiger partial charge < -0.3 is 14.7 Å². The van der Waals surface area contributed by atoms with Crippen LogP contribution in [0.4, 0.5) is 5.69 Å². The van der Waals surface area contributed by atoms with Crippen LogP contribution in [0.15, 0.2) is 61.7 Å². The number of anilines is 1. The number of halogens is 1. The number of fused-ring (bicyclic) bond motifs is 3. The lowest BCUT2D eigenvalue weighted by Crippen LogP contribution is -2.49. The summed E-state index contributed by atoms with van der Waals surface area (Å²) in [6.07, 6.45) is 11.0. The van der Waals surface area contributed by atoms with Gasteiger partial charge in [0.2, 0.25) is 0 Å². The minimum atomic E-state index is -0.364. The average Bonchev–Trinajstić information content (AvgIpc) is 3.10. The van der Waals surface area contributed by atoms with Gasteiger partial charge in [-0.1, -0.05) is 36.7 Å². The molecule has 3 aliphatic rings. The molecule has 0 saturated heterocycles. The molecule has 5 nitrogen and oxygen atoms in total.